The maximum atomic E-state index is 4.80. The van der Waals surface area contributed by atoms with Crippen LogP contribution in [0.1, 0.15) is 37.3 Å². The summed E-state index contributed by atoms with van der Waals surface area (Å²) in [5.41, 5.74) is 2.50. The second-order valence-electron chi connectivity index (χ2n) is 6.76. The third-order valence-corrected chi connectivity index (χ3v) is 5.83. The van der Waals surface area contributed by atoms with Crippen molar-refractivity contribution >= 4 is 17.7 Å². The van der Waals surface area contributed by atoms with Gasteiger partial charge in [-0.05, 0) is 43.6 Å². The molecule has 0 saturated heterocycles. The zero-order valence-electron chi connectivity index (χ0n) is 15.7. The molecule has 3 rings (SSSR count). The zero-order chi connectivity index (χ0) is 18.2. The molecule has 6 heteroatoms. The van der Waals surface area contributed by atoms with E-state index in [1.807, 2.05) is 30.5 Å². The van der Waals surface area contributed by atoms with Gasteiger partial charge in [-0.3, -0.25) is 0 Å². The van der Waals surface area contributed by atoms with Crippen LogP contribution in [0.15, 0.2) is 48.0 Å². The molecule has 0 aliphatic heterocycles. The first kappa shape index (κ1) is 18.8. The van der Waals surface area contributed by atoms with Crippen molar-refractivity contribution in [2.45, 2.75) is 50.6 Å². The Morgan fingerprint density at radius 1 is 1.35 bits per heavy atom. The van der Waals surface area contributed by atoms with E-state index in [2.05, 4.69) is 57.6 Å². The van der Waals surface area contributed by atoms with Crippen molar-refractivity contribution in [2.24, 2.45) is 4.99 Å². The van der Waals surface area contributed by atoms with Gasteiger partial charge < -0.3 is 15.2 Å². The van der Waals surface area contributed by atoms with Gasteiger partial charge in [0.05, 0.1) is 12.9 Å². The number of rotatable bonds is 7. The third kappa shape index (κ3) is 5.53. The minimum absolute atomic E-state index is 0.540. The van der Waals surface area contributed by atoms with Crippen LogP contribution in [0.4, 0.5) is 0 Å². The molecule has 2 atom stereocenters. The molecule has 140 valence electrons. The molecule has 2 unspecified atom stereocenters. The molecule has 26 heavy (non-hydrogen) atoms. The standard InChI is InChI=1S/C20H29N5S/c1-3-22-20(24-18-7-8-19(12-18)26-2)23-13-16-5-4-6-17(11-16)14-25-10-9-21-15-25/h4-6,9-11,15,18-19H,3,7-8,12-14H2,1-2H3,(H2,22,23,24). The fourth-order valence-electron chi connectivity index (χ4n) is 3.39. The highest BCUT2D eigenvalue weighted by atomic mass is 32.2. The number of hydrogen-bond donors (Lipinski definition) is 2. The van der Waals surface area contributed by atoms with E-state index >= 15 is 0 Å². The van der Waals surface area contributed by atoms with Crippen LogP contribution in [0.3, 0.4) is 0 Å². The van der Waals surface area contributed by atoms with Crippen LogP contribution in [0.5, 0.6) is 0 Å². The molecule has 1 saturated carbocycles. The second kappa shape index (κ2) is 9.67. The van der Waals surface area contributed by atoms with E-state index in [4.69, 9.17) is 4.99 Å². The number of thioether (sulfide) groups is 1. The van der Waals surface area contributed by atoms with Gasteiger partial charge in [-0.25, -0.2) is 9.98 Å². The molecule has 0 bridgehead atoms. The molecule has 2 aromatic rings. The van der Waals surface area contributed by atoms with Crippen LogP contribution >= 0.6 is 11.8 Å². The van der Waals surface area contributed by atoms with Gasteiger partial charge >= 0.3 is 0 Å². The quantitative estimate of drug-likeness (QED) is 0.579. The van der Waals surface area contributed by atoms with E-state index in [0.717, 1.165) is 24.3 Å². The minimum Gasteiger partial charge on any atom is -0.357 e. The van der Waals surface area contributed by atoms with Crippen LogP contribution < -0.4 is 10.6 Å². The Morgan fingerprint density at radius 3 is 2.96 bits per heavy atom. The van der Waals surface area contributed by atoms with Crippen LogP contribution in [-0.2, 0) is 13.1 Å². The highest BCUT2D eigenvalue weighted by Gasteiger charge is 2.24. The first-order chi connectivity index (χ1) is 12.8. The highest BCUT2D eigenvalue weighted by Crippen LogP contribution is 2.28. The molecule has 1 fully saturated rings. The second-order valence-corrected chi connectivity index (χ2v) is 7.90. The van der Waals surface area contributed by atoms with Gasteiger partial charge in [-0.2, -0.15) is 11.8 Å². The summed E-state index contributed by atoms with van der Waals surface area (Å²) in [6.07, 6.45) is 11.6. The molecule has 2 N–H and O–H groups in total. The van der Waals surface area contributed by atoms with Gasteiger partial charge in [0.25, 0.3) is 0 Å². The fourth-order valence-corrected chi connectivity index (χ4v) is 4.18. The maximum Gasteiger partial charge on any atom is 0.191 e. The predicted molar refractivity (Wildman–Crippen MR) is 111 cm³/mol. The van der Waals surface area contributed by atoms with Crippen molar-refractivity contribution in [1.82, 2.24) is 20.2 Å². The number of aromatic nitrogens is 2. The lowest BCUT2D eigenvalue weighted by Crippen LogP contribution is -2.42. The van der Waals surface area contributed by atoms with Crippen molar-refractivity contribution in [3.63, 3.8) is 0 Å². The van der Waals surface area contributed by atoms with Crippen LogP contribution in [0.25, 0.3) is 0 Å². The third-order valence-electron chi connectivity index (χ3n) is 4.74. The fraction of sp³-hybridized carbons (Fsp3) is 0.500. The Hall–Kier alpha value is -1.95. The van der Waals surface area contributed by atoms with E-state index < -0.39 is 0 Å². The molecule has 1 aliphatic rings. The SMILES string of the molecule is CCNC(=NCc1cccc(Cn2ccnc2)c1)NC1CCC(SC)C1. The van der Waals surface area contributed by atoms with Crippen molar-refractivity contribution in [2.75, 3.05) is 12.8 Å². The average molecular weight is 372 g/mol. The summed E-state index contributed by atoms with van der Waals surface area (Å²) in [4.78, 5) is 8.91. The number of imidazole rings is 1. The van der Waals surface area contributed by atoms with Gasteiger partial charge in [0.2, 0.25) is 0 Å². The first-order valence-corrected chi connectivity index (χ1v) is 10.7. The molecule has 1 aromatic heterocycles. The number of nitrogens with zero attached hydrogens (tertiary/aromatic N) is 3. The smallest absolute Gasteiger partial charge is 0.191 e. The summed E-state index contributed by atoms with van der Waals surface area (Å²) in [7, 11) is 0. The lowest BCUT2D eigenvalue weighted by Gasteiger charge is -2.17. The average Bonchev–Trinajstić information content (AvgIpc) is 3.32. The molecular formula is C20H29N5S. The van der Waals surface area contributed by atoms with Gasteiger partial charge in [-0.15, -0.1) is 0 Å². The van der Waals surface area contributed by atoms with E-state index in [9.17, 15) is 0 Å². The number of nitrogens with one attached hydrogen (secondary N) is 2. The summed E-state index contributed by atoms with van der Waals surface area (Å²) >= 11 is 1.98. The molecule has 5 nitrogen and oxygen atoms in total. The largest absolute Gasteiger partial charge is 0.357 e. The number of benzene rings is 1. The maximum absolute atomic E-state index is 4.80. The summed E-state index contributed by atoms with van der Waals surface area (Å²) in [6.45, 7) is 4.52. The summed E-state index contributed by atoms with van der Waals surface area (Å²) in [5, 5.41) is 7.79. The van der Waals surface area contributed by atoms with Gasteiger partial charge in [-0.1, -0.05) is 24.3 Å². The lowest BCUT2D eigenvalue weighted by molar-refractivity contribution is 0.615. The summed E-state index contributed by atoms with van der Waals surface area (Å²) in [6, 6.07) is 9.17. The molecule has 0 amide bonds. The molecule has 1 heterocycles. The number of aliphatic imine (C=N–C) groups is 1. The van der Waals surface area contributed by atoms with Crippen molar-refractivity contribution in [3.8, 4) is 0 Å². The number of hydrogen-bond acceptors (Lipinski definition) is 3. The molecule has 1 aliphatic carbocycles. The van der Waals surface area contributed by atoms with Gasteiger partial charge in [0, 0.05) is 36.8 Å². The predicted octanol–water partition coefficient (Wildman–Crippen LogP) is 3.27. The Kier molecular flexibility index (Phi) is 7.00. The van der Waals surface area contributed by atoms with Gasteiger partial charge in [0.15, 0.2) is 5.96 Å². The Bertz CT molecular complexity index is 698. The molecular weight excluding hydrogens is 342 g/mol. The summed E-state index contributed by atoms with van der Waals surface area (Å²) < 4.78 is 2.08. The normalized spacial score (nSPS) is 20.3. The van der Waals surface area contributed by atoms with E-state index in [1.165, 1.54) is 30.4 Å². The number of guanidine groups is 1. The highest BCUT2D eigenvalue weighted by molar-refractivity contribution is 7.99. The monoisotopic (exact) mass is 371 g/mol. The van der Waals surface area contributed by atoms with E-state index in [-0.39, 0.29) is 0 Å². The Morgan fingerprint density at radius 2 is 2.23 bits per heavy atom. The topological polar surface area (TPSA) is 54.2 Å². The van der Waals surface area contributed by atoms with Crippen molar-refractivity contribution in [3.05, 3.63) is 54.1 Å². The first-order valence-electron chi connectivity index (χ1n) is 9.38. The molecule has 0 spiro atoms. The van der Waals surface area contributed by atoms with Crippen LogP contribution in [0, 0.1) is 0 Å². The van der Waals surface area contributed by atoms with Crippen molar-refractivity contribution < 1.29 is 0 Å². The lowest BCUT2D eigenvalue weighted by atomic mass is 10.1. The van der Waals surface area contributed by atoms with Crippen LogP contribution in [0.2, 0.25) is 0 Å². The van der Waals surface area contributed by atoms with Crippen LogP contribution in [-0.4, -0.2) is 39.6 Å². The molecule has 1 aromatic carbocycles. The Labute approximate surface area is 160 Å². The zero-order valence-corrected chi connectivity index (χ0v) is 16.5. The Balaban J connectivity index is 1.60. The molecule has 0 radical (unpaired) electrons. The van der Waals surface area contributed by atoms with Crippen molar-refractivity contribution in [1.29, 1.82) is 0 Å². The summed E-state index contributed by atoms with van der Waals surface area (Å²) in [5.74, 6) is 0.930. The van der Waals surface area contributed by atoms with Gasteiger partial charge in [0.1, 0.15) is 0 Å². The van der Waals surface area contributed by atoms with E-state index in [1.54, 1.807) is 0 Å². The minimum atomic E-state index is 0.540. The van der Waals surface area contributed by atoms with E-state index in [0.29, 0.717) is 12.6 Å².